The first kappa shape index (κ1) is 17.6. The maximum atomic E-state index is 11.9. The van der Waals surface area contributed by atoms with Gasteiger partial charge in [-0.3, -0.25) is 4.79 Å². The molecule has 0 unspecified atom stereocenters. The molecule has 0 aliphatic heterocycles. The maximum absolute atomic E-state index is 11.9. The van der Waals surface area contributed by atoms with Crippen LogP contribution in [0.1, 0.15) is 22.7 Å². The zero-order valence-corrected chi connectivity index (χ0v) is 15.3. The van der Waals surface area contributed by atoms with Crippen molar-refractivity contribution in [3.05, 3.63) is 16.3 Å². The van der Waals surface area contributed by atoms with Gasteiger partial charge >= 0.3 is 0 Å². The Hall–Kier alpha value is -1.73. The molecule has 0 radical (unpaired) electrons. The van der Waals surface area contributed by atoms with E-state index in [0.717, 1.165) is 29.0 Å². The summed E-state index contributed by atoms with van der Waals surface area (Å²) in [6.07, 6.45) is 0.943. The molecular formula is C16H25N5OS. The second kappa shape index (κ2) is 7.70. The van der Waals surface area contributed by atoms with Crippen LogP contribution in [-0.4, -0.2) is 54.5 Å². The second-order valence-corrected chi connectivity index (χ2v) is 7.15. The normalized spacial score (nSPS) is 11.2. The first-order valence-electron chi connectivity index (χ1n) is 7.78. The van der Waals surface area contributed by atoms with Crippen molar-refractivity contribution in [2.45, 2.75) is 27.2 Å². The summed E-state index contributed by atoms with van der Waals surface area (Å²) in [6.45, 7) is 7.90. The van der Waals surface area contributed by atoms with E-state index in [9.17, 15) is 4.79 Å². The number of rotatable bonds is 7. The van der Waals surface area contributed by atoms with E-state index in [1.807, 2.05) is 21.0 Å². The van der Waals surface area contributed by atoms with Gasteiger partial charge in [0.1, 0.15) is 16.5 Å². The van der Waals surface area contributed by atoms with Gasteiger partial charge in [-0.15, -0.1) is 11.3 Å². The summed E-state index contributed by atoms with van der Waals surface area (Å²) in [5.74, 6) is 1.45. The van der Waals surface area contributed by atoms with Gasteiger partial charge in [0.05, 0.1) is 11.9 Å². The molecule has 0 saturated heterocycles. The van der Waals surface area contributed by atoms with E-state index < -0.39 is 0 Å². The topological polar surface area (TPSA) is 70.2 Å². The minimum Gasteiger partial charge on any atom is -0.360 e. The van der Waals surface area contributed by atoms with Gasteiger partial charge in [-0.1, -0.05) is 0 Å². The highest BCUT2D eigenvalue weighted by Crippen LogP contribution is 2.32. The van der Waals surface area contributed by atoms with Crippen LogP contribution in [0.25, 0.3) is 10.2 Å². The number of nitrogens with zero attached hydrogens (tertiary/aromatic N) is 3. The van der Waals surface area contributed by atoms with E-state index in [-0.39, 0.29) is 12.5 Å². The van der Waals surface area contributed by atoms with Crippen molar-refractivity contribution in [2.75, 3.05) is 39.0 Å². The number of hydrogen-bond donors (Lipinski definition) is 2. The van der Waals surface area contributed by atoms with Crippen LogP contribution < -0.4 is 10.6 Å². The number of fused-ring (bicyclic) bond motifs is 1. The van der Waals surface area contributed by atoms with Crippen molar-refractivity contribution in [3.63, 3.8) is 0 Å². The van der Waals surface area contributed by atoms with Gasteiger partial charge in [-0.05, 0) is 53.4 Å². The van der Waals surface area contributed by atoms with Gasteiger partial charge in [0.15, 0.2) is 0 Å². The second-order valence-electron chi connectivity index (χ2n) is 5.94. The Kier molecular flexibility index (Phi) is 5.90. The van der Waals surface area contributed by atoms with Crippen LogP contribution in [-0.2, 0) is 4.79 Å². The monoisotopic (exact) mass is 335 g/mol. The molecule has 7 heteroatoms. The van der Waals surface area contributed by atoms with Gasteiger partial charge in [0.25, 0.3) is 0 Å². The minimum absolute atomic E-state index is 0.0159. The fourth-order valence-electron chi connectivity index (χ4n) is 2.33. The van der Waals surface area contributed by atoms with E-state index in [1.165, 1.54) is 10.4 Å². The average Bonchev–Trinajstić information content (AvgIpc) is 2.75. The van der Waals surface area contributed by atoms with Crippen molar-refractivity contribution in [1.29, 1.82) is 0 Å². The number of nitrogens with one attached hydrogen (secondary N) is 2. The lowest BCUT2D eigenvalue weighted by atomic mass is 10.2. The van der Waals surface area contributed by atoms with Gasteiger partial charge in [-0.2, -0.15) is 0 Å². The fourth-order valence-corrected chi connectivity index (χ4v) is 3.41. The Morgan fingerprint density at radius 1 is 1.22 bits per heavy atom. The number of carbonyl (C=O) groups excluding carboxylic acids is 1. The zero-order chi connectivity index (χ0) is 17.0. The van der Waals surface area contributed by atoms with Crippen molar-refractivity contribution in [1.82, 2.24) is 20.2 Å². The van der Waals surface area contributed by atoms with Crippen LogP contribution >= 0.6 is 11.3 Å². The minimum atomic E-state index is -0.0159. The standard InChI is InChI=1S/C16H25N5OS/c1-10-11(2)23-16-14(10)15(19-12(3)20-16)18-9-13(22)17-7-6-8-21(4)5/h6-9H2,1-5H3,(H,17,22)(H,18,19,20). The van der Waals surface area contributed by atoms with Crippen molar-refractivity contribution in [3.8, 4) is 0 Å². The third kappa shape index (κ3) is 4.62. The number of amides is 1. The number of thiophene rings is 1. The van der Waals surface area contributed by atoms with E-state index in [2.05, 4.69) is 39.3 Å². The number of carbonyl (C=O) groups is 1. The van der Waals surface area contributed by atoms with Crippen molar-refractivity contribution in [2.24, 2.45) is 0 Å². The molecule has 2 N–H and O–H groups in total. The van der Waals surface area contributed by atoms with Crippen LogP contribution in [0, 0.1) is 20.8 Å². The highest BCUT2D eigenvalue weighted by Gasteiger charge is 2.14. The fraction of sp³-hybridized carbons (Fsp3) is 0.562. The molecule has 0 atom stereocenters. The smallest absolute Gasteiger partial charge is 0.239 e. The molecule has 23 heavy (non-hydrogen) atoms. The quantitative estimate of drug-likeness (QED) is 0.758. The van der Waals surface area contributed by atoms with E-state index in [4.69, 9.17) is 0 Å². The van der Waals surface area contributed by atoms with Crippen LogP contribution in [0.3, 0.4) is 0 Å². The molecule has 0 bridgehead atoms. The summed E-state index contributed by atoms with van der Waals surface area (Å²) in [7, 11) is 4.05. The lowest BCUT2D eigenvalue weighted by Crippen LogP contribution is -2.32. The summed E-state index contributed by atoms with van der Waals surface area (Å²) < 4.78 is 0. The van der Waals surface area contributed by atoms with Crippen molar-refractivity contribution < 1.29 is 4.79 Å². The SMILES string of the molecule is Cc1nc(NCC(=O)NCCCN(C)C)c2c(C)c(C)sc2n1. The molecule has 2 aromatic heterocycles. The molecule has 0 fully saturated rings. The van der Waals surface area contributed by atoms with Gasteiger partial charge in [-0.25, -0.2) is 9.97 Å². The van der Waals surface area contributed by atoms with E-state index in [1.54, 1.807) is 11.3 Å². The first-order valence-corrected chi connectivity index (χ1v) is 8.59. The zero-order valence-electron chi connectivity index (χ0n) is 14.5. The van der Waals surface area contributed by atoms with Gasteiger partial charge in [0.2, 0.25) is 5.91 Å². The molecule has 6 nitrogen and oxygen atoms in total. The van der Waals surface area contributed by atoms with Crippen LogP contribution in [0.4, 0.5) is 5.82 Å². The van der Waals surface area contributed by atoms with Gasteiger partial charge < -0.3 is 15.5 Å². The number of aryl methyl sites for hydroxylation is 3. The molecular weight excluding hydrogens is 310 g/mol. The largest absolute Gasteiger partial charge is 0.360 e. The third-order valence-corrected chi connectivity index (χ3v) is 4.76. The molecule has 0 aromatic carbocycles. The Bertz CT molecular complexity index is 695. The summed E-state index contributed by atoms with van der Waals surface area (Å²) in [5, 5.41) is 7.11. The third-order valence-electron chi connectivity index (χ3n) is 3.66. The van der Waals surface area contributed by atoms with Crippen molar-refractivity contribution >= 4 is 33.3 Å². The van der Waals surface area contributed by atoms with Crippen LogP contribution in [0.2, 0.25) is 0 Å². The summed E-state index contributed by atoms with van der Waals surface area (Å²) in [4.78, 5) is 25.2. The molecule has 126 valence electrons. The summed E-state index contributed by atoms with van der Waals surface area (Å²) >= 11 is 1.66. The molecule has 2 heterocycles. The highest BCUT2D eigenvalue weighted by atomic mass is 32.1. The average molecular weight is 335 g/mol. The number of anilines is 1. The predicted molar refractivity (Wildman–Crippen MR) is 96.3 cm³/mol. The molecule has 0 aliphatic rings. The molecule has 0 aliphatic carbocycles. The maximum Gasteiger partial charge on any atom is 0.239 e. The Morgan fingerprint density at radius 3 is 2.65 bits per heavy atom. The number of aromatic nitrogens is 2. The molecule has 2 aromatic rings. The first-order chi connectivity index (χ1) is 10.9. The molecule has 0 spiro atoms. The van der Waals surface area contributed by atoms with Gasteiger partial charge in [0, 0.05) is 11.4 Å². The van der Waals surface area contributed by atoms with E-state index >= 15 is 0 Å². The molecule has 0 saturated carbocycles. The Labute approximate surface area is 141 Å². The highest BCUT2D eigenvalue weighted by molar-refractivity contribution is 7.18. The molecule has 2 rings (SSSR count). The lowest BCUT2D eigenvalue weighted by molar-refractivity contribution is -0.119. The van der Waals surface area contributed by atoms with Crippen LogP contribution in [0.5, 0.6) is 0 Å². The number of hydrogen-bond acceptors (Lipinski definition) is 6. The van der Waals surface area contributed by atoms with Crippen LogP contribution in [0.15, 0.2) is 0 Å². The summed E-state index contributed by atoms with van der Waals surface area (Å²) in [6, 6.07) is 0. The van der Waals surface area contributed by atoms with E-state index in [0.29, 0.717) is 12.4 Å². The lowest BCUT2D eigenvalue weighted by Gasteiger charge is -2.11. The molecule has 1 amide bonds. The Balaban J connectivity index is 1.98. The Morgan fingerprint density at radius 2 is 1.96 bits per heavy atom. The predicted octanol–water partition coefficient (Wildman–Crippen LogP) is 2.10. The summed E-state index contributed by atoms with van der Waals surface area (Å²) in [5.41, 5.74) is 1.18.